The fourth-order valence-corrected chi connectivity index (χ4v) is 2.39. The number of hydrogen-bond acceptors (Lipinski definition) is 7. The van der Waals surface area contributed by atoms with Gasteiger partial charge < -0.3 is 14.6 Å². The van der Waals surface area contributed by atoms with Crippen LogP contribution in [-0.4, -0.2) is 34.0 Å². The number of piperidine rings is 1. The lowest BCUT2D eigenvalue weighted by atomic mass is 9.93. The molecule has 1 aliphatic rings. The summed E-state index contributed by atoms with van der Waals surface area (Å²) in [6, 6.07) is 3.61. The standard InChI is InChI=1S/C13H17N5O2/c1-8-4-3-7-14-11(8)13-15-12(18-20-13)9-5-6-10(19-2)17-16-9/h5-6,8,11,14H,3-4,7H2,1-2H3. The molecule has 3 heterocycles. The van der Waals surface area contributed by atoms with Crippen molar-refractivity contribution < 1.29 is 9.26 Å². The zero-order chi connectivity index (χ0) is 13.9. The quantitative estimate of drug-likeness (QED) is 0.910. The summed E-state index contributed by atoms with van der Waals surface area (Å²) in [6.07, 6.45) is 2.35. The van der Waals surface area contributed by atoms with E-state index in [0.29, 0.717) is 29.2 Å². The molecule has 1 saturated heterocycles. The largest absolute Gasteiger partial charge is 0.480 e. The number of hydrogen-bond donors (Lipinski definition) is 1. The number of methoxy groups -OCH3 is 1. The Morgan fingerprint density at radius 2 is 2.25 bits per heavy atom. The van der Waals surface area contributed by atoms with Crippen LogP contribution in [0.1, 0.15) is 31.7 Å². The van der Waals surface area contributed by atoms with Crippen LogP contribution >= 0.6 is 0 Å². The second-order valence-corrected chi connectivity index (χ2v) is 4.97. The van der Waals surface area contributed by atoms with Gasteiger partial charge in [0.15, 0.2) is 0 Å². The van der Waals surface area contributed by atoms with E-state index in [1.165, 1.54) is 6.42 Å². The zero-order valence-corrected chi connectivity index (χ0v) is 11.5. The Bertz CT molecular complexity index is 568. The molecule has 0 saturated carbocycles. The molecule has 3 rings (SSSR count). The molecule has 106 valence electrons. The Kier molecular flexibility index (Phi) is 3.60. The molecular weight excluding hydrogens is 258 g/mol. The Hall–Kier alpha value is -2.02. The number of nitrogens with one attached hydrogen (secondary N) is 1. The van der Waals surface area contributed by atoms with Crippen LogP contribution in [-0.2, 0) is 0 Å². The third-order valence-corrected chi connectivity index (χ3v) is 3.56. The van der Waals surface area contributed by atoms with E-state index in [2.05, 4.69) is 32.6 Å². The molecule has 0 spiro atoms. The average molecular weight is 275 g/mol. The fraction of sp³-hybridized carbons (Fsp3) is 0.538. The van der Waals surface area contributed by atoms with Crippen molar-refractivity contribution in [3.05, 3.63) is 18.0 Å². The van der Waals surface area contributed by atoms with E-state index in [4.69, 9.17) is 9.26 Å². The molecule has 2 aromatic heterocycles. The van der Waals surface area contributed by atoms with Gasteiger partial charge in [-0.15, -0.1) is 10.2 Å². The first-order valence-electron chi connectivity index (χ1n) is 6.73. The van der Waals surface area contributed by atoms with Crippen LogP contribution in [0.3, 0.4) is 0 Å². The first-order chi connectivity index (χ1) is 9.78. The lowest BCUT2D eigenvalue weighted by Crippen LogP contribution is -2.33. The lowest BCUT2D eigenvalue weighted by molar-refractivity contribution is 0.239. The normalized spacial score (nSPS) is 22.7. The van der Waals surface area contributed by atoms with Crippen LogP contribution in [0, 0.1) is 5.92 Å². The highest BCUT2D eigenvalue weighted by Crippen LogP contribution is 2.28. The summed E-state index contributed by atoms with van der Waals surface area (Å²) in [5.74, 6) is 2.01. The van der Waals surface area contributed by atoms with Crippen LogP contribution in [0.4, 0.5) is 0 Å². The fourth-order valence-electron chi connectivity index (χ4n) is 2.39. The molecule has 0 aliphatic carbocycles. The summed E-state index contributed by atoms with van der Waals surface area (Å²) < 4.78 is 10.3. The molecule has 2 atom stereocenters. The molecule has 1 fully saturated rings. The van der Waals surface area contributed by atoms with Gasteiger partial charge in [0.1, 0.15) is 5.69 Å². The van der Waals surface area contributed by atoms with Crippen molar-refractivity contribution >= 4 is 0 Å². The molecule has 7 heteroatoms. The van der Waals surface area contributed by atoms with Gasteiger partial charge in [-0.2, -0.15) is 4.98 Å². The van der Waals surface area contributed by atoms with Gasteiger partial charge in [-0.05, 0) is 31.4 Å². The number of aromatic nitrogens is 4. The Balaban J connectivity index is 1.81. The lowest BCUT2D eigenvalue weighted by Gasteiger charge is -2.26. The first kappa shape index (κ1) is 13.0. The molecule has 1 aliphatic heterocycles. The summed E-state index contributed by atoms with van der Waals surface area (Å²) in [5, 5.41) is 15.3. The third kappa shape index (κ3) is 2.49. The molecule has 0 bridgehead atoms. The van der Waals surface area contributed by atoms with Crippen molar-refractivity contribution in [2.24, 2.45) is 5.92 Å². The van der Waals surface area contributed by atoms with E-state index in [1.807, 2.05) is 0 Å². The predicted octanol–water partition coefficient (Wildman–Crippen LogP) is 1.60. The molecule has 20 heavy (non-hydrogen) atoms. The van der Waals surface area contributed by atoms with Crippen LogP contribution in [0.25, 0.3) is 11.5 Å². The van der Waals surface area contributed by atoms with Crippen LogP contribution in [0.2, 0.25) is 0 Å². The van der Waals surface area contributed by atoms with Gasteiger partial charge in [0.05, 0.1) is 13.2 Å². The summed E-state index contributed by atoms with van der Waals surface area (Å²) in [7, 11) is 1.55. The van der Waals surface area contributed by atoms with E-state index in [-0.39, 0.29) is 6.04 Å². The Labute approximate surface area is 116 Å². The maximum absolute atomic E-state index is 5.36. The number of ether oxygens (including phenoxy) is 1. The molecule has 0 amide bonds. The van der Waals surface area contributed by atoms with Crippen molar-refractivity contribution in [3.8, 4) is 17.4 Å². The van der Waals surface area contributed by atoms with Crippen LogP contribution in [0.5, 0.6) is 5.88 Å². The maximum atomic E-state index is 5.36. The van der Waals surface area contributed by atoms with Gasteiger partial charge in [-0.1, -0.05) is 12.1 Å². The van der Waals surface area contributed by atoms with Gasteiger partial charge in [-0.3, -0.25) is 0 Å². The summed E-state index contributed by atoms with van der Waals surface area (Å²) in [6.45, 7) is 3.17. The van der Waals surface area contributed by atoms with Crippen molar-refractivity contribution in [1.29, 1.82) is 0 Å². The van der Waals surface area contributed by atoms with E-state index in [1.54, 1.807) is 19.2 Å². The second-order valence-electron chi connectivity index (χ2n) is 4.97. The van der Waals surface area contributed by atoms with Crippen molar-refractivity contribution in [2.45, 2.75) is 25.8 Å². The van der Waals surface area contributed by atoms with Gasteiger partial charge >= 0.3 is 0 Å². The van der Waals surface area contributed by atoms with Crippen molar-refractivity contribution in [2.75, 3.05) is 13.7 Å². The molecule has 2 unspecified atom stereocenters. The molecule has 1 N–H and O–H groups in total. The second kappa shape index (κ2) is 5.54. The monoisotopic (exact) mass is 275 g/mol. The van der Waals surface area contributed by atoms with Gasteiger partial charge in [0, 0.05) is 6.07 Å². The summed E-state index contributed by atoms with van der Waals surface area (Å²) in [4.78, 5) is 4.43. The minimum Gasteiger partial charge on any atom is -0.480 e. The maximum Gasteiger partial charge on any atom is 0.244 e. The van der Waals surface area contributed by atoms with E-state index >= 15 is 0 Å². The van der Waals surface area contributed by atoms with Gasteiger partial charge in [0.2, 0.25) is 17.6 Å². The van der Waals surface area contributed by atoms with Crippen LogP contribution in [0.15, 0.2) is 16.7 Å². The van der Waals surface area contributed by atoms with Crippen molar-refractivity contribution in [3.63, 3.8) is 0 Å². The molecule has 0 radical (unpaired) electrons. The highest BCUT2D eigenvalue weighted by molar-refractivity contribution is 5.47. The molecular formula is C13H17N5O2. The minimum absolute atomic E-state index is 0.121. The highest BCUT2D eigenvalue weighted by Gasteiger charge is 2.27. The first-order valence-corrected chi connectivity index (χ1v) is 6.73. The van der Waals surface area contributed by atoms with Crippen molar-refractivity contribution in [1.82, 2.24) is 25.7 Å². The van der Waals surface area contributed by atoms with E-state index in [0.717, 1.165) is 13.0 Å². The third-order valence-electron chi connectivity index (χ3n) is 3.56. The zero-order valence-electron chi connectivity index (χ0n) is 11.5. The van der Waals surface area contributed by atoms with Gasteiger partial charge in [0.25, 0.3) is 0 Å². The highest BCUT2D eigenvalue weighted by atomic mass is 16.5. The average Bonchev–Trinajstić information content (AvgIpc) is 2.97. The summed E-state index contributed by atoms with van der Waals surface area (Å²) in [5.41, 5.74) is 0.573. The predicted molar refractivity (Wildman–Crippen MR) is 71.0 cm³/mol. The number of rotatable bonds is 3. The minimum atomic E-state index is 0.121. The van der Waals surface area contributed by atoms with E-state index in [9.17, 15) is 0 Å². The van der Waals surface area contributed by atoms with E-state index < -0.39 is 0 Å². The summed E-state index contributed by atoms with van der Waals surface area (Å²) >= 11 is 0. The molecule has 2 aromatic rings. The van der Waals surface area contributed by atoms with Gasteiger partial charge in [-0.25, -0.2) is 0 Å². The number of nitrogens with zero attached hydrogens (tertiary/aromatic N) is 4. The smallest absolute Gasteiger partial charge is 0.244 e. The molecule has 7 nitrogen and oxygen atoms in total. The van der Waals surface area contributed by atoms with Crippen LogP contribution < -0.4 is 10.1 Å². The topological polar surface area (TPSA) is 86.0 Å². The Morgan fingerprint density at radius 1 is 1.35 bits per heavy atom. The Morgan fingerprint density at radius 3 is 2.95 bits per heavy atom. The molecule has 0 aromatic carbocycles. The SMILES string of the molecule is COc1ccc(-c2noc(C3NCCCC3C)n2)nn1.